The van der Waals surface area contributed by atoms with Gasteiger partial charge in [0, 0.05) is 16.8 Å². The zero-order valence-corrected chi connectivity index (χ0v) is 12.3. The largest absolute Gasteiger partial charge is 0.342 e. The van der Waals surface area contributed by atoms with Gasteiger partial charge in [-0.15, -0.1) is 0 Å². The van der Waals surface area contributed by atoms with Gasteiger partial charge in [0.05, 0.1) is 15.7 Å². The quantitative estimate of drug-likeness (QED) is 0.678. The molecule has 3 rings (SSSR count). The molecule has 0 spiro atoms. The van der Waals surface area contributed by atoms with Crippen LogP contribution in [0.3, 0.4) is 0 Å². The number of nitrogens with zero attached hydrogens (tertiary/aromatic N) is 1. The number of nitrogens with one attached hydrogen (secondary N) is 1. The lowest BCUT2D eigenvalue weighted by Crippen LogP contribution is -1.84. The van der Waals surface area contributed by atoms with Crippen molar-refractivity contribution in [2.45, 2.75) is 6.92 Å². The topological polar surface area (TPSA) is 28.7 Å². The van der Waals surface area contributed by atoms with Crippen molar-refractivity contribution in [2.75, 3.05) is 0 Å². The molecule has 0 fully saturated rings. The summed E-state index contributed by atoms with van der Waals surface area (Å²) in [7, 11) is 0. The van der Waals surface area contributed by atoms with E-state index < -0.39 is 0 Å². The maximum atomic E-state index is 6.25. The van der Waals surface area contributed by atoms with E-state index in [4.69, 9.17) is 23.2 Å². The molecule has 2 aromatic carbocycles. The summed E-state index contributed by atoms with van der Waals surface area (Å²) >= 11 is 12.5. The number of aromatic nitrogens is 2. The standard InChI is InChI=1S/C16H12Cl2N2/c1-10-15(14-12(17)8-5-9-13(14)18)20-16(19-10)11-6-3-2-4-7-11/h2-9H,1H3,(H,19,20). The molecule has 0 atom stereocenters. The first kappa shape index (κ1) is 13.2. The van der Waals surface area contributed by atoms with E-state index in [-0.39, 0.29) is 0 Å². The van der Waals surface area contributed by atoms with Crippen LogP contribution in [0.2, 0.25) is 10.0 Å². The Morgan fingerprint density at radius 2 is 1.55 bits per heavy atom. The molecule has 1 aromatic heterocycles. The van der Waals surface area contributed by atoms with Gasteiger partial charge in [-0.05, 0) is 19.1 Å². The number of H-pyrrole nitrogens is 1. The van der Waals surface area contributed by atoms with Crippen molar-refractivity contribution in [3.63, 3.8) is 0 Å². The maximum absolute atomic E-state index is 6.25. The molecule has 0 bridgehead atoms. The highest BCUT2D eigenvalue weighted by Crippen LogP contribution is 2.36. The normalized spacial score (nSPS) is 10.8. The van der Waals surface area contributed by atoms with Crippen LogP contribution in [0.4, 0.5) is 0 Å². The molecule has 0 amide bonds. The van der Waals surface area contributed by atoms with Gasteiger partial charge in [0.2, 0.25) is 0 Å². The minimum atomic E-state index is 0.603. The smallest absolute Gasteiger partial charge is 0.138 e. The zero-order chi connectivity index (χ0) is 14.1. The van der Waals surface area contributed by atoms with Crippen molar-refractivity contribution in [2.24, 2.45) is 0 Å². The molecule has 0 saturated carbocycles. The van der Waals surface area contributed by atoms with Crippen LogP contribution < -0.4 is 0 Å². The van der Waals surface area contributed by atoms with Gasteiger partial charge in [0.15, 0.2) is 0 Å². The molecular formula is C16H12Cl2N2. The third-order valence-electron chi connectivity index (χ3n) is 3.13. The molecular weight excluding hydrogens is 291 g/mol. The van der Waals surface area contributed by atoms with E-state index in [1.807, 2.05) is 55.5 Å². The highest BCUT2D eigenvalue weighted by molar-refractivity contribution is 6.39. The first-order valence-electron chi connectivity index (χ1n) is 6.23. The molecule has 1 N–H and O–H groups in total. The van der Waals surface area contributed by atoms with E-state index in [9.17, 15) is 0 Å². The van der Waals surface area contributed by atoms with Crippen molar-refractivity contribution >= 4 is 23.2 Å². The van der Waals surface area contributed by atoms with Crippen LogP contribution in [0.15, 0.2) is 48.5 Å². The number of aromatic amines is 1. The zero-order valence-electron chi connectivity index (χ0n) is 10.8. The van der Waals surface area contributed by atoms with Gasteiger partial charge >= 0.3 is 0 Å². The number of halogens is 2. The summed E-state index contributed by atoms with van der Waals surface area (Å²) < 4.78 is 0. The summed E-state index contributed by atoms with van der Waals surface area (Å²) in [5.74, 6) is 0.814. The fourth-order valence-corrected chi connectivity index (χ4v) is 2.74. The van der Waals surface area contributed by atoms with Gasteiger partial charge in [-0.1, -0.05) is 59.6 Å². The second-order valence-corrected chi connectivity index (χ2v) is 5.34. The summed E-state index contributed by atoms with van der Waals surface area (Å²) in [4.78, 5) is 7.93. The molecule has 0 saturated heterocycles. The van der Waals surface area contributed by atoms with Crippen molar-refractivity contribution in [1.82, 2.24) is 9.97 Å². The van der Waals surface area contributed by atoms with Gasteiger partial charge in [-0.2, -0.15) is 0 Å². The predicted molar refractivity (Wildman–Crippen MR) is 84.2 cm³/mol. The van der Waals surface area contributed by atoms with Gasteiger partial charge in [0.25, 0.3) is 0 Å². The van der Waals surface area contributed by atoms with Gasteiger partial charge in [-0.3, -0.25) is 0 Å². The van der Waals surface area contributed by atoms with Crippen LogP contribution in [0.1, 0.15) is 5.69 Å². The van der Waals surface area contributed by atoms with Gasteiger partial charge in [0.1, 0.15) is 5.82 Å². The Hall–Kier alpha value is -1.77. The van der Waals surface area contributed by atoms with Crippen molar-refractivity contribution in [3.05, 3.63) is 64.3 Å². The monoisotopic (exact) mass is 302 g/mol. The van der Waals surface area contributed by atoms with E-state index in [1.54, 1.807) is 0 Å². The molecule has 4 heteroatoms. The highest BCUT2D eigenvalue weighted by Gasteiger charge is 2.15. The number of imidazole rings is 1. The van der Waals surface area contributed by atoms with Gasteiger partial charge in [-0.25, -0.2) is 4.98 Å². The Bertz CT molecular complexity index is 728. The summed E-state index contributed by atoms with van der Waals surface area (Å²) in [5.41, 5.74) is 3.54. The summed E-state index contributed by atoms with van der Waals surface area (Å²) in [5, 5.41) is 1.21. The summed E-state index contributed by atoms with van der Waals surface area (Å²) in [6.07, 6.45) is 0. The average molecular weight is 303 g/mol. The van der Waals surface area contributed by atoms with E-state index in [1.165, 1.54) is 0 Å². The fraction of sp³-hybridized carbons (Fsp3) is 0.0625. The maximum Gasteiger partial charge on any atom is 0.138 e. The van der Waals surface area contributed by atoms with E-state index in [0.717, 1.165) is 28.3 Å². The molecule has 0 aliphatic rings. The third kappa shape index (κ3) is 2.33. The number of benzene rings is 2. The minimum absolute atomic E-state index is 0.603. The van der Waals surface area contributed by atoms with E-state index in [0.29, 0.717) is 10.0 Å². The van der Waals surface area contributed by atoms with Crippen LogP contribution in [-0.4, -0.2) is 9.97 Å². The Kier molecular flexibility index (Phi) is 3.51. The minimum Gasteiger partial charge on any atom is -0.342 e. The van der Waals surface area contributed by atoms with Crippen LogP contribution in [0.25, 0.3) is 22.6 Å². The molecule has 100 valence electrons. The number of aryl methyl sites for hydroxylation is 1. The number of hydrogen-bond donors (Lipinski definition) is 1. The third-order valence-corrected chi connectivity index (χ3v) is 3.76. The fourth-order valence-electron chi connectivity index (χ4n) is 2.16. The second-order valence-electron chi connectivity index (χ2n) is 4.52. The molecule has 1 heterocycles. The lowest BCUT2D eigenvalue weighted by molar-refractivity contribution is 1.26. The van der Waals surface area contributed by atoms with Crippen LogP contribution in [0, 0.1) is 6.92 Å². The SMILES string of the molecule is Cc1[nH]c(-c2ccccc2)nc1-c1c(Cl)cccc1Cl. The van der Waals surface area contributed by atoms with Crippen LogP contribution in [0.5, 0.6) is 0 Å². The lowest BCUT2D eigenvalue weighted by atomic mass is 10.1. The predicted octanol–water partition coefficient (Wildman–Crippen LogP) is 5.36. The Morgan fingerprint density at radius 1 is 0.900 bits per heavy atom. The average Bonchev–Trinajstić information content (AvgIpc) is 2.82. The molecule has 0 radical (unpaired) electrons. The van der Waals surface area contributed by atoms with Gasteiger partial charge < -0.3 is 4.98 Å². The molecule has 0 aliphatic heterocycles. The molecule has 3 aromatic rings. The Labute approximate surface area is 127 Å². The number of hydrogen-bond acceptors (Lipinski definition) is 1. The molecule has 2 nitrogen and oxygen atoms in total. The van der Waals surface area contributed by atoms with E-state index in [2.05, 4.69) is 9.97 Å². The summed E-state index contributed by atoms with van der Waals surface area (Å²) in [6, 6.07) is 15.4. The first-order chi connectivity index (χ1) is 9.66. The van der Waals surface area contributed by atoms with Crippen LogP contribution >= 0.6 is 23.2 Å². The Morgan fingerprint density at radius 3 is 2.20 bits per heavy atom. The summed E-state index contributed by atoms with van der Waals surface area (Å²) in [6.45, 7) is 1.97. The van der Waals surface area contributed by atoms with E-state index >= 15 is 0 Å². The molecule has 0 unspecified atom stereocenters. The Balaban J connectivity index is 2.15. The molecule has 20 heavy (non-hydrogen) atoms. The van der Waals surface area contributed by atoms with Crippen LogP contribution in [-0.2, 0) is 0 Å². The number of rotatable bonds is 2. The van der Waals surface area contributed by atoms with Crippen molar-refractivity contribution in [1.29, 1.82) is 0 Å². The highest BCUT2D eigenvalue weighted by atomic mass is 35.5. The molecule has 0 aliphatic carbocycles. The first-order valence-corrected chi connectivity index (χ1v) is 6.99. The van der Waals surface area contributed by atoms with Crippen molar-refractivity contribution < 1.29 is 0 Å². The van der Waals surface area contributed by atoms with Crippen molar-refractivity contribution in [3.8, 4) is 22.6 Å². The second kappa shape index (κ2) is 5.31. The lowest BCUT2D eigenvalue weighted by Gasteiger charge is -2.04.